The van der Waals surface area contributed by atoms with E-state index in [1.54, 1.807) is 0 Å². The molecule has 0 spiro atoms. The number of carbonyl (C=O) groups is 1. The van der Waals surface area contributed by atoms with E-state index < -0.39 is 0 Å². The number of amides is 1. The molecule has 0 fully saturated rings. The molecule has 0 saturated carbocycles. The van der Waals surface area contributed by atoms with Gasteiger partial charge in [-0.15, -0.1) is 10.2 Å². The number of thioether (sulfide) groups is 1. The maximum atomic E-state index is 12.4. The van der Waals surface area contributed by atoms with Crippen molar-refractivity contribution in [3.63, 3.8) is 0 Å². The Morgan fingerprint density at radius 1 is 1.12 bits per heavy atom. The van der Waals surface area contributed by atoms with Gasteiger partial charge in [0.1, 0.15) is 5.01 Å². The third-order valence-corrected chi connectivity index (χ3v) is 5.57. The molecule has 0 saturated heterocycles. The number of anilines is 1. The Morgan fingerprint density at radius 3 is 2.69 bits per heavy atom. The number of imidazole rings is 1. The molecule has 1 unspecified atom stereocenters. The van der Waals surface area contributed by atoms with E-state index in [-0.39, 0.29) is 11.2 Å². The Balaban J connectivity index is 1.42. The minimum Gasteiger partial charge on any atom is -0.333 e. The fraction of sp³-hybridized carbons (Fsp3) is 0.111. The van der Waals surface area contributed by atoms with Crippen LogP contribution in [-0.2, 0) is 4.79 Å². The van der Waals surface area contributed by atoms with Crippen LogP contribution in [0.5, 0.6) is 0 Å². The lowest BCUT2D eigenvalue weighted by atomic mass is 10.2. The second-order valence-electron chi connectivity index (χ2n) is 5.59. The number of benzene rings is 2. The number of para-hydroxylation sites is 2. The Labute approximate surface area is 158 Å². The zero-order chi connectivity index (χ0) is 17.9. The minimum absolute atomic E-state index is 0.133. The lowest BCUT2D eigenvalue weighted by molar-refractivity contribution is -0.115. The molecule has 0 aliphatic heterocycles. The van der Waals surface area contributed by atoms with Crippen LogP contribution in [0.15, 0.2) is 59.8 Å². The van der Waals surface area contributed by atoms with E-state index in [0.717, 1.165) is 26.8 Å². The molecular weight excluding hydrogens is 366 g/mol. The van der Waals surface area contributed by atoms with Crippen molar-refractivity contribution in [2.75, 3.05) is 5.32 Å². The second-order valence-corrected chi connectivity index (χ2v) is 7.89. The van der Waals surface area contributed by atoms with Gasteiger partial charge in [-0.3, -0.25) is 10.1 Å². The fourth-order valence-corrected chi connectivity index (χ4v) is 3.96. The van der Waals surface area contributed by atoms with Gasteiger partial charge in [0.2, 0.25) is 11.0 Å². The van der Waals surface area contributed by atoms with Gasteiger partial charge >= 0.3 is 0 Å². The van der Waals surface area contributed by atoms with Crippen LogP contribution in [0.2, 0.25) is 0 Å². The molecule has 2 heterocycles. The lowest BCUT2D eigenvalue weighted by Gasteiger charge is -2.07. The van der Waals surface area contributed by atoms with Crippen molar-refractivity contribution >= 4 is 45.2 Å². The highest BCUT2D eigenvalue weighted by Gasteiger charge is 2.18. The van der Waals surface area contributed by atoms with Crippen molar-refractivity contribution in [2.24, 2.45) is 0 Å². The first kappa shape index (κ1) is 16.7. The van der Waals surface area contributed by atoms with Crippen molar-refractivity contribution in [1.29, 1.82) is 0 Å². The number of nitrogens with zero attached hydrogens (tertiary/aromatic N) is 3. The molecule has 0 aliphatic carbocycles. The van der Waals surface area contributed by atoms with Gasteiger partial charge in [0.05, 0.1) is 16.3 Å². The number of aromatic amines is 1. The third kappa shape index (κ3) is 3.61. The number of hydrogen-bond acceptors (Lipinski definition) is 6. The fourth-order valence-electron chi connectivity index (χ4n) is 2.38. The molecule has 6 nitrogen and oxygen atoms in total. The van der Waals surface area contributed by atoms with E-state index >= 15 is 0 Å². The van der Waals surface area contributed by atoms with Crippen LogP contribution >= 0.6 is 23.1 Å². The van der Waals surface area contributed by atoms with Crippen molar-refractivity contribution in [1.82, 2.24) is 20.2 Å². The van der Waals surface area contributed by atoms with Crippen molar-refractivity contribution < 1.29 is 4.79 Å². The normalized spacial score (nSPS) is 12.2. The molecule has 1 atom stereocenters. The van der Waals surface area contributed by atoms with Gasteiger partial charge in [0.25, 0.3) is 0 Å². The molecule has 1 amide bonds. The maximum Gasteiger partial charge on any atom is 0.239 e. The Hall–Kier alpha value is -2.71. The molecule has 130 valence electrons. The highest BCUT2D eigenvalue weighted by Crippen LogP contribution is 2.28. The lowest BCUT2D eigenvalue weighted by Crippen LogP contribution is -2.22. The number of aromatic nitrogens is 4. The van der Waals surface area contributed by atoms with Crippen LogP contribution in [-0.4, -0.2) is 31.3 Å². The van der Waals surface area contributed by atoms with Gasteiger partial charge in [-0.05, 0) is 19.1 Å². The minimum atomic E-state index is -0.320. The van der Waals surface area contributed by atoms with Crippen LogP contribution in [0.25, 0.3) is 21.6 Å². The monoisotopic (exact) mass is 381 g/mol. The summed E-state index contributed by atoms with van der Waals surface area (Å²) in [5, 5.41) is 12.7. The number of carbonyl (C=O) groups excluding carboxylic acids is 1. The average molecular weight is 381 g/mol. The summed E-state index contributed by atoms with van der Waals surface area (Å²) in [7, 11) is 0. The molecule has 26 heavy (non-hydrogen) atoms. The van der Waals surface area contributed by atoms with E-state index in [1.807, 2.05) is 61.5 Å². The number of hydrogen-bond donors (Lipinski definition) is 2. The summed E-state index contributed by atoms with van der Waals surface area (Å²) in [6.45, 7) is 1.84. The highest BCUT2D eigenvalue weighted by atomic mass is 32.2. The topological polar surface area (TPSA) is 83.6 Å². The second kappa shape index (κ2) is 7.27. The highest BCUT2D eigenvalue weighted by molar-refractivity contribution is 8.00. The van der Waals surface area contributed by atoms with Gasteiger partial charge in [-0.1, -0.05) is 65.6 Å². The van der Waals surface area contributed by atoms with Crippen LogP contribution in [0, 0.1) is 0 Å². The Morgan fingerprint density at radius 2 is 1.88 bits per heavy atom. The average Bonchev–Trinajstić information content (AvgIpc) is 3.28. The summed E-state index contributed by atoms with van der Waals surface area (Å²) < 4.78 is 0. The summed E-state index contributed by atoms with van der Waals surface area (Å²) in [4.78, 5) is 20.1. The quantitative estimate of drug-likeness (QED) is 0.506. The molecule has 2 N–H and O–H groups in total. The zero-order valence-corrected chi connectivity index (χ0v) is 15.5. The summed E-state index contributed by atoms with van der Waals surface area (Å²) in [6.07, 6.45) is 0. The standard InChI is InChI=1S/C18H15N5OS2/c1-11(25-17-19-13-9-5-6-10-14(13)20-17)15(24)21-18-23-22-16(26-18)12-7-3-2-4-8-12/h2-11H,1H3,(H,19,20)(H,21,23,24). The molecule has 8 heteroatoms. The van der Waals surface area contributed by atoms with Gasteiger partial charge in [0.15, 0.2) is 5.16 Å². The van der Waals surface area contributed by atoms with Crippen LogP contribution in [0.3, 0.4) is 0 Å². The predicted molar refractivity (Wildman–Crippen MR) is 105 cm³/mol. The molecule has 0 aliphatic rings. The van der Waals surface area contributed by atoms with Gasteiger partial charge in [0, 0.05) is 5.56 Å². The molecule has 4 rings (SSSR count). The number of fused-ring (bicyclic) bond motifs is 1. The molecule has 0 radical (unpaired) electrons. The van der Waals surface area contributed by atoms with Gasteiger partial charge in [-0.25, -0.2) is 4.98 Å². The first-order valence-corrected chi connectivity index (χ1v) is 9.70. The van der Waals surface area contributed by atoms with Crippen molar-refractivity contribution in [2.45, 2.75) is 17.3 Å². The maximum absolute atomic E-state index is 12.4. The summed E-state index contributed by atoms with van der Waals surface area (Å²) in [5.74, 6) is -0.133. The molecule has 2 aromatic heterocycles. The smallest absolute Gasteiger partial charge is 0.239 e. The Kier molecular flexibility index (Phi) is 4.68. The molecule has 4 aromatic rings. The van der Waals surface area contributed by atoms with Crippen LogP contribution < -0.4 is 5.32 Å². The van der Waals surface area contributed by atoms with E-state index in [1.165, 1.54) is 23.1 Å². The van der Waals surface area contributed by atoms with Gasteiger partial charge in [-0.2, -0.15) is 0 Å². The number of rotatable bonds is 5. The number of H-pyrrole nitrogens is 1. The summed E-state index contributed by atoms with van der Waals surface area (Å²) in [5.41, 5.74) is 2.83. The summed E-state index contributed by atoms with van der Waals surface area (Å²) in [6, 6.07) is 17.6. The predicted octanol–water partition coefficient (Wildman–Crippen LogP) is 4.20. The van der Waals surface area contributed by atoms with Crippen LogP contribution in [0.1, 0.15) is 6.92 Å². The molecular formula is C18H15N5OS2. The number of nitrogens with one attached hydrogen (secondary N) is 2. The third-order valence-electron chi connectivity index (χ3n) is 3.70. The van der Waals surface area contributed by atoms with Crippen molar-refractivity contribution in [3.8, 4) is 10.6 Å². The summed E-state index contributed by atoms with van der Waals surface area (Å²) >= 11 is 2.73. The van der Waals surface area contributed by atoms with E-state index in [2.05, 4.69) is 25.5 Å². The SMILES string of the molecule is CC(Sc1nc2ccccc2[nH]1)C(=O)Nc1nnc(-c2ccccc2)s1. The Bertz CT molecular complexity index is 1010. The van der Waals surface area contributed by atoms with Gasteiger partial charge < -0.3 is 4.98 Å². The largest absolute Gasteiger partial charge is 0.333 e. The zero-order valence-electron chi connectivity index (χ0n) is 13.8. The van der Waals surface area contributed by atoms with E-state index in [9.17, 15) is 4.79 Å². The first-order chi connectivity index (χ1) is 12.7. The van der Waals surface area contributed by atoms with E-state index in [4.69, 9.17) is 0 Å². The van der Waals surface area contributed by atoms with Crippen molar-refractivity contribution in [3.05, 3.63) is 54.6 Å². The van der Waals surface area contributed by atoms with Crippen LogP contribution in [0.4, 0.5) is 5.13 Å². The molecule has 0 bridgehead atoms. The molecule has 2 aromatic carbocycles. The first-order valence-electron chi connectivity index (χ1n) is 8.00. The van der Waals surface area contributed by atoms with E-state index in [0.29, 0.717) is 5.13 Å².